The fourth-order valence-electron chi connectivity index (χ4n) is 5.10. The molecule has 3 aliphatic heterocycles. The van der Waals surface area contributed by atoms with Crippen LogP contribution in [0.4, 0.5) is 10.1 Å². The molecule has 1 aromatic rings. The Morgan fingerprint density at radius 3 is 2.76 bits per heavy atom. The van der Waals surface area contributed by atoms with E-state index in [1.165, 1.54) is 23.1 Å². The van der Waals surface area contributed by atoms with Crippen molar-refractivity contribution in [2.75, 3.05) is 11.9 Å². The number of rotatable bonds is 6. The number of hydrogen-bond donors (Lipinski definition) is 3. The van der Waals surface area contributed by atoms with Gasteiger partial charge in [-0.1, -0.05) is 13.3 Å². The monoisotopic (exact) mass is 403 g/mol. The Balaban J connectivity index is 1.81. The molecule has 4 amide bonds. The van der Waals surface area contributed by atoms with Crippen LogP contribution in [-0.4, -0.2) is 41.1 Å². The number of likely N-dealkylation sites (tertiary alicyclic amines) is 1. The van der Waals surface area contributed by atoms with Crippen LogP contribution in [-0.2, 0) is 24.7 Å². The Morgan fingerprint density at radius 2 is 2.07 bits per heavy atom. The van der Waals surface area contributed by atoms with Crippen molar-refractivity contribution in [2.45, 2.75) is 44.2 Å². The van der Waals surface area contributed by atoms with E-state index in [2.05, 4.69) is 5.32 Å². The number of carbonyl (C=O) groups excluding carboxylic acids is 4. The van der Waals surface area contributed by atoms with Crippen LogP contribution < -0.4 is 16.4 Å². The minimum atomic E-state index is -1.42. The van der Waals surface area contributed by atoms with Gasteiger partial charge in [0.05, 0.1) is 5.69 Å². The number of nitrogens with zero attached hydrogens (tertiary/aromatic N) is 1. The average Bonchev–Trinajstić information content (AvgIpc) is 3.24. The molecule has 2 fully saturated rings. The van der Waals surface area contributed by atoms with Gasteiger partial charge in [0, 0.05) is 24.9 Å². The minimum Gasteiger partial charge on any atom is -0.370 e. The number of primary amides is 1. The first-order valence-corrected chi connectivity index (χ1v) is 9.92. The van der Waals surface area contributed by atoms with Gasteiger partial charge < -0.3 is 16.4 Å². The minimum absolute atomic E-state index is 0.0362. The van der Waals surface area contributed by atoms with Gasteiger partial charge in [-0.25, -0.2) is 4.39 Å². The highest BCUT2D eigenvalue weighted by Crippen LogP contribution is 2.49. The Hall–Kier alpha value is -2.81. The highest BCUT2D eigenvalue weighted by atomic mass is 19.1. The Bertz CT molecular complexity index is 920. The van der Waals surface area contributed by atoms with Crippen molar-refractivity contribution in [1.82, 2.24) is 4.90 Å². The van der Waals surface area contributed by atoms with E-state index in [1.807, 2.05) is 6.92 Å². The highest BCUT2D eigenvalue weighted by molar-refractivity contribution is 6.13. The van der Waals surface area contributed by atoms with Gasteiger partial charge in [-0.3, -0.25) is 24.1 Å². The number of fused-ring (bicyclic) bond motifs is 4. The lowest BCUT2D eigenvalue weighted by Gasteiger charge is -2.26. The Kier molecular flexibility index (Phi) is 4.65. The van der Waals surface area contributed by atoms with Crippen molar-refractivity contribution in [3.05, 3.63) is 29.6 Å². The lowest BCUT2D eigenvalue weighted by molar-refractivity contribution is -0.734. The molecule has 4 atom stereocenters. The maximum atomic E-state index is 14.1. The van der Waals surface area contributed by atoms with Crippen molar-refractivity contribution < 1.29 is 28.9 Å². The van der Waals surface area contributed by atoms with Gasteiger partial charge in [-0.05, 0) is 24.6 Å². The predicted octanol–water partition coefficient (Wildman–Crippen LogP) is -0.414. The molecule has 0 aromatic heterocycles. The van der Waals surface area contributed by atoms with Crippen molar-refractivity contribution in [3.8, 4) is 0 Å². The van der Waals surface area contributed by atoms with Crippen LogP contribution >= 0.6 is 0 Å². The van der Waals surface area contributed by atoms with Crippen molar-refractivity contribution in [1.29, 1.82) is 0 Å². The van der Waals surface area contributed by atoms with Crippen LogP contribution in [0.3, 0.4) is 0 Å². The number of hydrogen-bond acceptors (Lipinski definition) is 4. The van der Waals surface area contributed by atoms with Crippen LogP contribution in [0.2, 0.25) is 0 Å². The molecule has 1 spiro atoms. The summed E-state index contributed by atoms with van der Waals surface area (Å²) < 4.78 is 14.1. The molecule has 0 radical (unpaired) electrons. The molecule has 5 N–H and O–H groups in total. The molecule has 1 aromatic carbocycles. The molecular formula is C20H24FN4O4+. The zero-order valence-corrected chi connectivity index (χ0v) is 16.1. The second kappa shape index (κ2) is 6.91. The Labute approximate surface area is 167 Å². The predicted molar refractivity (Wildman–Crippen MR) is 99.5 cm³/mol. The summed E-state index contributed by atoms with van der Waals surface area (Å²) in [6, 6.07) is 3.48. The molecule has 9 heteroatoms. The third-order valence-electron chi connectivity index (χ3n) is 6.38. The zero-order valence-electron chi connectivity index (χ0n) is 16.1. The largest absolute Gasteiger partial charge is 0.370 e. The number of anilines is 1. The van der Waals surface area contributed by atoms with Crippen LogP contribution in [0.5, 0.6) is 0 Å². The first-order valence-electron chi connectivity index (χ1n) is 9.92. The lowest BCUT2D eigenvalue weighted by atomic mass is 9.76. The number of unbranched alkanes of at least 4 members (excludes halogenated alkanes) is 1. The summed E-state index contributed by atoms with van der Waals surface area (Å²) in [5.74, 6) is -3.89. The molecule has 3 heterocycles. The summed E-state index contributed by atoms with van der Waals surface area (Å²) in [4.78, 5) is 52.2. The molecule has 4 rings (SSSR count). The summed E-state index contributed by atoms with van der Waals surface area (Å²) in [6.45, 7) is 2.25. The number of halogens is 1. The topological polar surface area (TPSA) is 126 Å². The number of quaternary nitrogens is 1. The maximum Gasteiger partial charge on any atom is 0.291 e. The van der Waals surface area contributed by atoms with Crippen LogP contribution in [0.1, 0.15) is 38.2 Å². The molecule has 0 unspecified atom stereocenters. The van der Waals surface area contributed by atoms with Gasteiger partial charge in [0.25, 0.3) is 5.91 Å². The number of imide groups is 1. The van der Waals surface area contributed by atoms with E-state index < -0.39 is 47.0 Å². The first-order chi connectivity index (χ1) is 13.8. The number of nitrogens with two attached hydrogens (primary N) is 2. The standard InChI is InChI=1S/C20H23FN4O4/c1-2-3-8-25-17(27)15-13(6-7-14(22)26)24-20(16(15)18(25)28)11-9-10(21)4-5-12(11)23-19(20)29/h4-5,9,13,15-16,24H,2-3,6-8H2,1H3,(H2,22,26)(H,23,29)/p+1/t13-,15+,16-,20-/m0/s1. The molecule has 154 valence electrons. The summed E-state index contributed by atoms with van der Waals surface area (Å²) >= 11 is 0. The van der Waals surface area contributed by atoms with Crippen molar-refractivity contribution >= 4 is 29.3 Å². The highest BCUT2D eigenvalue weighted by Gasteiger charge is 2.74. The van der Waals surface area contributed by atoms with Crippen LogP contribution in [0.25, 0.3) is 0 Å². The molecule has 29 heavy (non-hydrogen) atoms. The van der Waals surface area contributed by atoms with Crippen LogP contribution in [0.15, 0.2) is 18.2 Å². The van der Waals surface area contributed by atoms with Gasteiger partial charge in [-0.15, -0.1) is 0 Å². The van der Waals surface area contributed by atoms with Crippen molar-refractivity contribution in [3.63, 3.8) is 0 Å². The van der Waals surface area contributed by atoms with Gasteiger partial charge >= 0.3 is 0 Å². The van der Waals surface area contributed by atoms with E-state index in [-0.39, 0.29) is 25.3 Å². The fraction of sp³-hybridized carbons (Fsp3) is 0.500. The van der Waals surface area contributed by atoms with Crippen molar-refractivity contribution in [2.24, 2.45) is 17.6 Å². The summed E-state index contributed by atoms with van der Waals surface area (Å²) in [7, 11) is 0. The quantitative estimate of drug-likeness (QED) is 0.558. The number of benzene rings is 1. The van der Waals surface area contributed by atoms with E-state index in [0.29, 0.717) is 17.7 Å². The third kappa shape index (κ3) is 2.75. The van der Waals surface area contributed by atoms with Gasteiger partial charge in [0.15, 0.2) is 0 Å². The summed E-state index contributed by atoms with van der Waals surface area (Å²) in [6.07, 6.45) is 1.77. The van der Waals surface area contributed by atoms with Gasteiger partial charge in [0.2, 0.25) is 23.3 Å². The Morgan fingerprint density at radius 1 is 1.31 bits per heavy atom. The maximum absolute atomic E-state index is 14.1. The van der Waals surface area contributed by atoms with E-state index in [9.17, 15) is 23.6 Å². The van der Waals surface area contributed by atoms with Crippen LogP contribution in [0, 0.1) is 17.7 Å². The molecule has 2 saturated heterocycles. The molecule has 0 bridgehead atoms. The van der Waals surface area contributed by atoms with Gasteiger partial charge in [-0.2, -0.15) is 0 Å². The smallest absolute Gasteiger partial charge is 0.291 e. The second-order valence-corrected chi connectivity index (χ2v) is 8.03. The number of nitrogens with one attached hydrogen (secondary N) is 1. The first kappa shape index (κ1) is 19.5. The lowest BCUT2D eigenvalue weighted by Crippen LogP contribution is -2.99. The number of carbonyl (C=O) groups is 4. The second-order valence-electron chi connectivity index (χ2n) is 8.03. The zero-order chi connectivity index (χ0) is 20.9. The molecular weight excluding hydrogens is 379 g/mol. The summed E-state index contributed by atoms with van der Waals surface area (Å²) in [5, 5.41) is 4.42. The SMILES string of the molecule is CCCCN1C(=O)[C@@H]2[C@H](CCC(N)=O)[NH2+][C@]3(C(=O)Nc4ccc(F)cc43)[C@@H]2C1=O. The molecule has 8 nitrogen and oxygen atoms in total. The molecule has 0 saturated carbocycles. The summed E-state index contributed by atoms with van der Waals surface area (Å²) in [5.41, 5.74) is 4.68. The molecule has 0 aliphatic carbocycles. The van der Waals surface area contributed by atoms with E-state index >= 15 is 0 Å². The third-order valence-corrected chi connectivity index (χ3v) is 6.38. The molecule has 3 aliphatic rings. The fourth-order valence-corrected chi connectivity index (χ4v) is 5.10. The van der Waals surface area contributed by atoms with E-state index in [4.69, 9.17) is 5.73 Å². The number of amides is 4. The van der Waals surface area contributed by atoms with E-state index in [0.717, 1.165) is 6.42 Å². The van der Waals surface area contributed by atoms with E-state index in [1.54, 1.807) is 5.32 Å². The average molecular weight is 403 g/mol. The normalized spacial score (nSPS) is 30.1. The van der Waals surface area contributed by atoms with Gasteiger partial charge in [0.1, 0.15) is 23.7 Å².